The Balaban J connectivity index is 1.37. The van der Waals surface area contributed by atoms with Gasteiger partial charge in [0.15, 0.2) is 5.65 Å². The summed E-state index contributed by atoms with van der Waals surface area (Å²) < 4.78 is 7.75. The number of nitrogens with one attached hydrogen (secondary N) is 1. The first-order chi connectivity index (χ1) is 15.6. The number of hydrogen-bond acceptors (Lipinski definition) is 7. The Labute approximate surface area is 187 Å². The number of carbonyl (C=O) groups is 1. The van der Waals surface area contributed by atoms with Crippen LogP contribution in [0.15, 0.2) is 30.7 Å². The van der Waals surface area contributed by atoms with Crippen LogP contribution in [0.1, 0.15) is 42.1 Å². The van der Waals surface area contributed by atoms with Crippen LogP contribution in [0.4, 0.5) is 11.6 Å². The highest BCUT2D eigenvalue weighted by Crippen LogP contribution is 2.32. The molecule has 1 N–H and O–H groups in total. The number of likely N-dealkylation sites (N-methyl/N-ethyl adjacent to an activating group) is 1. The quantitative estimate of drug-likeness (QED) is 0.659. The van der Waals surface area contributed by atoms with Gasteiger partial charge < -0.3 is 24.4 Å². The number of aromatic nitrogens is 4. The SMILES string of the molecule is COc1cc(C(=O)N2CCN(C)CC2)ccc1Nc1ncc2ncn(C3CCCC3)c2n1. The maximum absolute atomic E-state index is 12.9. The normalized spacial score (nSPS) is 17.8. The minimum absolute atomic E-state index is 0.0288. The first kappa shape index (κ1) is 20.7. The molecule has 1 saturated heterocycles. The molecule has 32 heavy (non-hydrogen) atoms. The number of fused-ring (bicyclic) bond motifs is 1. The fraction of sp³-hybridized carbons (Fsp3) is 0.478. The molecule has 3 heterocycles. The Kier molecular flexibility index (Phi) is 5.65. The van der Waals surface area contributed by atoms with Crippen molar-refractivity contribution in [2.24, 2.45) is 0 Å². The third-order valence-electron chi connectivity index (χ3n) is 6.52. The fourth-order valence-corrected chi connectivity index (χ4v) is 4.58. The van der Waals surface area contributed by atoms with Gasteiger partial charge in [0.05, 0.1) is 25.3 Å². The Hall–Kier alpha value is -3.20. The molecule has 2 aliphatic rings. The Morgan fingerprint density at radius 3 is 2.66 bits per heavy atom. The van der Waals surface area contributed by atoms with Gasteiger partial charge in [-0.3, -0.25) is 4.79 Å². The molecule has 1 aliphatic carbocycles. The van der Waals surface area contributed by atoms with Crippen molar-refractivity contribution in [2.75, 3.05) is 45.7 Å². The highest BCUT2D eigenvalue weighted by molar-refractivity contribution is 5.95. The molecule has 3 aromatic rings. The summed E-state index contributed by atoms with van der Waals surface area (Å²) in [5.41, 5.74) is 2.97. The van der Waals surface area contributed by atoms with Gasteiger partial charge >= 0.3 is 0 Å². The van der Waals surface area contributed by atoms with Crippen LogP contribution in [0, 0.1) is 0 Å². The van der Waals surface area contributed by atoms with Crippen molar-refractivity contribution in [1.29, 1.82) is 0 Å². The van der Waals surface area contributed by atoms with Crippen molar-refractivity contribution >= 4 is 28.7 Å². The van der Waals surface area contributed by atoms with Crippen LogP contribution >= 0.6 is 0 Å². The number of carbonyl (C=O) groups excluding carboxylic acids is 1. The number of anilines is 2. The van der Waals surface area contributed by atoms with Crippen LogP contribution < -0.4 is 10.1 Å². The molecule has 5 rings (SSSR count). The first-order valence-electron chi connectivity index (χ1n) is 11.2. The number of rotatable bonds is 5. The molecule has 1 aromatic carbocycles. The summed E-state index contributed by atoms with van der Waals surface area (Å²) >= 11 is 0. The van der Waals surface area contributed by atoms with Gasteiger partial charge in [0.25, 0.3) is 5.91 Å². The van der Waals surface area contributed by atoms with Gasteiger partial charge in [0.1, 0.15) is 11.3 Å². The molecule has 0 unspecified atom stereocenters. The van der Waals surface area contributed by atoms with Crippen LogP contribution in [-0.2, 0) is 0 Å². The molecule has 9 nitrogen and oxygen atoms in total. The molecule has 2 fully saturated rings. The lowest BCUT2D eigenvalue weighted by atomic mass is 10.1. The van der Waals surface area contributed by atoms with Crippen molar-refractivity contribution in [3.63, 3.8) is 0 Å². The van der Waals surface area contributed by atoms with Gasteiger partial charge in [-0.1, -0.05) is 12.8 Å². The summed E-state index contributed by atoms with van der Waals surface area (Å²) in [5, 5.41) is 3.25. The third-order valence-corrected chi connectivity index (χ3v) is 6.52. The van der Waals surface area contributed by atoms with Gasteiger partial charge in [-0.25, -0.2) is 9.97 Å². The zero-order chi connectivity index (χ0) is 22.1. The number of methoxy groups -OCH3 is 1. The number of ether oxygens (including phenoxy) is 1. The number of imidazole rings is 1. The Bertz CT molecular complexity index is 1110. The summed E-state index contributed by atoms with van der Waals surface area (Å²) in [6.45, 7) is 3.25. The number of benzene rings is 1. The van der Waals surface area contributed by atoms with Crippen molar-refractivity contribution in [1.82, 2.24) is 29.3 Å². The molecule has 1 aliphatic heterocycles. The van der Waals surface area contributed by atoms with Gasteiger partial charge in [-0.05, 0) is 38.1 Å². The van der Waals surface area contributed by atoms with Crippen molar-refractivity contribution in [3.05, 3.63) is 36.3 Å². The largest absolute Gasteiger partial charge is 0.495 e. The average Bonchev–Trinajstić information content (AvgIpc) is 3.49. The fourth-order valence-electron chi connectivity index (χ4n) is 4.58. The predicted octanol–water partition coefficient (Wildman–Crippen LogP) is 3.08. The summed E-state index contributed by atoms with van der Waals surface area (Å²) in [6, 6.07) is 5.92. The Morgan fingerprint density at radius 2 is 1.91 bits per heavy atom. The van der Waals surface area contributed by atoms with Crippen LogP contribution in [0.3, 0.4) is 0 Å². The molecular weight excluding hydrogens is 406 g/mol. The van der Waals surface area contributed by atoms with Crippen LogP contribution in [0.5, 0.6) is 5.75 Å². The molecular formula is C23H29N7O2. The summed E-state index contributed by atoms with van der Waals surface area (Å²) in [5.74, 6) is 1.09. The van der Waals surface area contributed by atoms with E-state index in [1.807, 2.05) is 23.4 Å². The van der Waals surface area contributed by atoms with Gasteiger partial charge in [0.2, 0.25) is 5.95 Å². The highest BCUT2D eigenvalue weighted by Gasteiger charge is 2.22. The number of piperazine rings is 1. The van der Waals surface area contributed by atoms with E-state index in [1.54, 1.807) is 19.4 Å². The van der Waals surface area contributed by atoms with E-state index in [0.29, 0.717) is 29.0 Å². The third kappa shape index (κ3) is 4.00. The maximum Gasteiger partial charge on any atom is 0.254 e. The molecule has 0 radical (unpaired) electrons. The molecule has 2 aromatic heterocycles. The minimum atomic E-state index is 0.0288. The lowest BCUT2D eigenvalue weighted by Gasteiger charge is -2.32. The average molecular weight is 436 g/mol. The molecule has 0 spiro atoms. The van der Waals surface area contributed by atoms with Gasteiger partial charge in [-0.15, -0.1) is 0 Å². The van der Waals surface area contributed by atoms with E-state index in [9.17, 15) is 4.79 Å². The van der Waals surface area contributed by atoms with Crippen molar-refractivity contribution in [2.45, 2.75) is 31.7 Å². The second kappa shape index (κ2) is 8.74. The van der Waals surface area contributed by atoms with Crippen molar-refractivity contribution < 1.29 is 9.53 Å². The van der Waals surface area contributed by atoms with Gasteiger partial charge in [-0.2, -0.15) is 4.98 Å². The number of nitrogens with zero attached hydrogens (tertiary/aromatic N) is 6. The molecule has 1 amide bonds. The van der Waals surface area contributed by atoms with Crippen molar-refractivity contribution in [3.8, 4) is 5.75 Å². The molecule has 1 saturated carbocycles. The zero-order valence-corrected chi connectivity index (χ0v) is 18.6. The molecule has 0 atom stereocenters. The molecule has 168 valence electrons. The van der Waals surface area contributed by atoms with E-state index in [4.69, 9.17) is 9.72 Å². The highest BCUT2D eigenvalue weighted by atomic mass is 16.5. The summed E-state index contributed by atoms with van der Waals surface area (Å²) in [7, 11) is 3.68. The van der Waals surface area contributed by atoms with E-state index in [0.717, 1.165) is 50.2 Å². The van der Waals surface area contributed by atoms with E-state index in [2.05, 4.69) is 31.8 Å². The zero-order valence-electron chi connectivity index (χ0n) is 18.6. The van der Waals surface area contributed by atoms with Gasteiger partial charge in [0, 0.05) is 37.8 Å². The molecule has 0 bridgehead atoms. The van der Waals surface area contributed by atoms with E-state index in [1.165, 1.54) is 12.8 Å². The van der Waals surface area contributed by atoms with E-state index >= 15 is 0 Å². The maximum atomic E-state index is 12.9. The minimum Gasteiger partial charge on any atom is -0.495 e. The first-order valence-corrected chi connectivity index (χ1v) is 11.2. The molecule has 9 heteroatoms. The van der Waals surface area contributed by atoms with Crippen LogP contribution in [0.25, 0.3) is 11.2 Å². The standard InChI is InChI=1S/C23H29N7O2/c1-28-9-11-29(12-10-28)22(31)16-7-8-18(20(13-16)32-2)26-23-24-14-19-21(27-23)30(15-25-19)17-5-3-4-6-17/h7-8,13-15,17H,3-6,9-12H2,1-2H3,(H,24,26,27). The Morgan fingerprint density at radius 1 is 1.12 bits per heavy atom. The van der Waals surface area contributed by atoms with Crippen LogP contribution in [0.2, 0.25) is 0 Å². The second-order valence-electron chi connectivity index (χ2n) is 8.63. The monoisotopic (exact) mass is 435 g/mol. The van der Waals surface area contributed by atoms with E-state index < -0.39 is 0 Å². The number of amides is 1. The summed E-state index contributed by atoms with van der Waals surface area (Å²) in [4.78, 5) is 30.7. The lowest BCUT2D eigenvalue weighted by molar-refractivity contribution is 0.0664. The predicted molar refractivity (Wildman–Crippen MR) is 123 cm³/mol. The van der Waals surface area contributed by atoms with Crippen LogP contribution in [-0.4, -0.2) is 75.6 Å². The smallest absolute Gasteiger partial charge is 0.254 e. The second-order valence-corrected chi connectivity index (χ2v) is 8.63. The van der Waals surface area contributed by atoms with E-state index in [-0.39, 0.29) is 5.91 Å². The lowest BCUT2D eigenvalue weighted by Crippen LogP contribution is -2.47. The number of hydrogen-bond donors (Lipinski definition) is 1. The topological polar surface area (TPSA) is 88.4 Å². The summed E-state index contributed by atoms with van der Waals surface area (Å²) in [6.07, 6.45) is 8.43.